The van der Waals surface area contributed by atoms with E-state index in [1.54, 1.807) is 12.1 Å². The highest BCUT2D eigenvalue weighted by molar-refractivity contribution is 6.43. The molecule has 20 heavy (non-hydrogen) atoms. The first kappa shape index (κ1) is 13.6. The predicted molar refractivity (Wildman–Crippen MR) is 79.8 cm³/mol. The van der Waals surface area contributed by atoms with Gasteiger partial charge in [0.05, 0.1) is 21.3 Å². The van der Waals surface area contributed by atoms with E-state index in [2.05, 4.69) is 22.4 Å². The molecular formula is C13H15Cl2N5. The number of nitrogens with two attached hydrogens (primary N) is 1. The molecule has 2 N–H and O–H groups in total. The molecule has 0 saturated heterocycles. The second-order valence-corrected chi connectivity index (χ2v) is 6.26. The molecule has 1 fully saturated rings. The van der Waals surface area contributed by atoms with Gasteiger partial charge in [-0.15, -0.1) is 5.10 Å². The Hall–Kier alpha value is -1.33. The van der Waals surface area contributed by atoms with E-state index in [-0.39, 0.29) is 5.54 Å². The SMILES string of the molecule is CC1(n2nnnc2-c2cc(N)c(Cl)c(Cl)c2)CCCC1. The highest BCUT2D eigenvalue weighted by Crippen LogP contribution is 2.39. The normalized spacial score (nSPS) is 17.6. The second kappa shape index (κ2) is 4.90. The summed E-state index contributed by atoms with van der Waals surface area (Å²) in [4.78, 5) is 0. The van der Waals surface area contributed by atoms with Crippen molar-refractivity contribution in [2.45, 2.75) is 38.1 Å². The molecule has 1 aromatic heterocycles. The van der Waals surface area contributed by atoms with E-state index in [0.29, 0.717) is 21.6 Å². The van der Waals surface area contributed by atoms with Gasteiger partial charge in [-0.25, -0.2) is 4.68 Å². The van der Waals surface area contributed by atoms with E-state index >= 15 is 0 Å². The number of rotatable bonds is 2. The molecule has 1 aromatic carbocycles. The zero-order chi connectivity index (χ0) is 14.3. The van der Waals surface area contributed by atoms with Crippen molar-refractivity contribution in [3.63, 3.8) is 0 Å². The maximum Gasteiger partial charge on any atom is 0.182 e. The Morgan fingerprint density at radius 1 is 1.25 bits per heavy atom. The molecule has 0 bridgehead atoms. The van der Waals surface area contributed by atoms with Crippen molar-refractivity contribution < 1.29 is 0 Å². The van der Waals surface area contributed by atoms with Crippen LogP contribution in [0.1, 0.15) is 32.6 Å². The maximum absolute atomic E-state index is 6.09. The molecule has 0 spiro atoms. The van der Waals surface area contributed by atoms with Crippen LogP contribution < -0.4 is 5.73 Å². The predicted octanol–water partition coefficient (Wildman–Crippen LogP) is 3.52. The minimum atomic E-state index is -0.0420. The Balaban J connectivity index is 2.10. The van der Waals surface area contributed by atoms with Crippen molar-refractivity contribution in [3.05, 3.63) is 22.2 Å². The van der Waals surface area contributed by atoms with E-state index in [1.165, 1.54) is 12.8 Å². The van der Waals surface area contributed by atoms with Gasteiger partial charge in [-0.3, -0.25) is 0 Å². The summed E-state index contributed by atoms with van der Waals surface area (Å²) in [6.45, 7) is 2.18. The lowest BCUT2D eigenvalue weighted by atomic mass is 10.0. The molecule has 0 aliphatic heterocycles. The van der Waals surface area contributed by atoms with Crippen LogP contribution >= 0.6 is 23.2 Å². The highest BCUT2D eigenvalue weighted by Gasteiger charge is 2.34. The van der Waals surface area contributed by atoms with Crippen LogP contribution in [0.5, 0.6) is 0 Å². The van der Waals surface area contributed by atoms with Crippen LogP contribution in [0.15, 0.2) is 12.1 Å². The van der Waals surface area contributed by atoms with Crippen LogP contribution in [0.3, 0.4) is 0 Å². The van der Waals surface area contributed by atoms with Crippen LogP contribution in [0, 0.1) is 0 Å². The number of tetrazole rings is 1. The van der Waals surface area contributed by atoms with Crippen LogP contribution in [-0.4, -0.2) is 20.2 Å². The molecule has 3 rings (SSSR count). The number of aromatic nitrogens is 4. The summed E-state index contributed by atoms with van der Waals surface area (Å²) >= 11 is 12.1. The minimum Gasteiger partial charge on any atom is -0.397 e. The maximum atomic E-state index is 6.09. The average Bonchev–Trinajstić information content (AvgIpc) is 3.04. The van der Waals surface area contributed by atoms with Gasteiger partial charge in [0.2, 0.25) is 0 Å². The molecule has 1 aliphatic carbocycles. The number of hydrogen-bond donors (Lipinski definition) is 1. The summed E-state index contributed by atoms with van der Waals surface area (Å²) < 4.78 is 1.89. The third-order valence-electron chi connectivity index (χ3n) is 3.98. The van der Waals surface area contributed by atoms with Crippen molar-refractivity contribution in [1.29, 1.82) is 0 Å². The van der Waals surface area contributed by atoms with Gasteiger partial charge in [-0.2, -0.15) is 0 Å². The number of benzene rings is 1. The fraction of sp³-hybridized carbons (Fsp3) is 0.462. The lowest BCUT2D eigenvalue weighted by molar-refractivity contribution is 0.293. The molecule has 0 radical (unpaired) electrons. The number of halogens is 2. The van der Waals surface area contributed by atoms with Crippen molar-refractivity contribution in [3.8, 4) is 11.4 Å². The average molecular weight is 312 g/mol. The molecule has 0 unspecified atom stereocenters. The van der Waals surface area contributed by atoms with Gasteiger partial charge in [0.25, 0.3) is 0 Å². The largest absolute Gasteiger partial charge is 0.397 e. The molecule has 0 atom stereocenters. The van der Waals surface area contributed by atoms with Gasteiger partial charge in [-0.05, 0) is 42.3 Å². The van der Waals surface area contributed by atoms with Crippen LogP contribution in [0.25, 0.3) is 11.4 Å². The summed E-state index contributed by atoms with van der Waals surface area (Å²) in [6, 6.07) is 3.51. The Morgan fingerprint density at radius 2 is 1.95 bits per heavy atom. The van der Waals surface area contributed by atoms with Crippen molar-refractivity contribution in [1.82, 2.24) is 20.2 Å². The molecule has 1 saturated carbocycles. The number of nitrogens with zero attached hydrogens (tertiary/aromatic N) is 4. The summed E-state index contributed by atoms with van der Waals surface area (Å²) in [5.41, 5.74) is 7.05. The first-order valence-corrected chi connectivity index (χ1v) is 7.31. The Kier molecular flexibility index (Phi) is 3.34. The molecule has 2 aromatic rings. The standard InChI is InChI=1S/C13H15Cl2N5/c1-13(4-2-3-5-13)20-12(17-18-19-20)8-6-9(14)11(15)10(16)7-8/h6-7H,2-5,16H2,1H3. The van der Waals surface area contributed by atoms with Crippen molar-refractivity contribution in [2.24, 2.45) is 0 Å². The zero-order valence-corrected chi connectivity index (χ0v) is 12.6. The highest BCUT2D eigenvalue weighted by atomic mass is 35.5. The molecule has 1 aliphatic rings. The van der Waals surface area contributed by atoms with Gasteiger partial charge in [0.1, 0.15) is 0 Å². The number of hydrogen-bond acceptors (Lipinski definition) is 4. The van der Waals surface area contributed by atoms with Crippen LogP contribution in [-0.2, 0) is 5.54 Å². The first-order valence-electron chi connectivity index (χ1n) is 6.55. The van der Waals surface area contributed by atoms with Crippen molar-refractivity contribution in [2.75, 3.05) is 5.73 Å². The van der Waals surface area contributed by atoms with Gasteiger partial charge < -0.3 is 5.73 Å². The van der Waals surface area contributed by atoms with E-state index in [0.717, 1.165) is 18.4 Å². The molecule has 7 heteroatoms. The Bertz CT molecular complexity index is 623. The summed E-state index contributed by atoms with van der Waals surface area (Å²) in [5.74, 6) is 0.680. The van der Waals surface area contributed by atoms with E-state index in [1.807, 2.05) is 4.68 Å². The van der Waals surface area contributed by atoms with Gasteiger partial charge >= 0.3 is 0 Å². The molecular weight excluding hydrogens is 297 g/mol. The quantitative estimate of drug-likeness (QED) is 0.861. The Labute approximate surface area is 127 Å². The number of anilines is 1. The fourth-order valence-electron chi connectivity index (χ4n) is 2.82. The molecule has 5 nitrogen and oxygen atoms in total. The van der Waals surface area contributed by atoms with Gasteiger partial charge in [0.15, 0.2) is 5.82 Å². The van der Waals surface area contributed by atoms with Gasteiger partial charge in [0, 0.05) is 5.56 Å². The van der Waals surface area contributed by atoms with Gasteiger partial charge in [-0.1, -0.05) is 36.0 Å². The first-order chi connectivity index (χ1) is 9.51. The van der Waals surface area contributed by atoms with E-state index in [9.17, 15) is 0 Å². The zero-order valence-electron chi connectivity index (χ0n) is 11.1. The molecule has 1 heterocycles. The van der Waals surface area contributed by atoms with Crippen molar-refractivity contribution >= 4 is 28.9 Å². The van der Waals surface area contributed by atoms with E-state index < -0.39 is 0 Å². The summed E-state index contributed by atoms with van der Waals surface area (Å²) in [6.07, 6.45) is 4.53. The lowest BCUT2D eigenvalue weighted by Crippen LogP contribution is -2.28. The van der Waals surface area contributed by atoms with Crippen LogP contribution in [0.4, 0.5) is 5.69 Å². The topological polar surface area (TPSA) is 69.6 Å². The third kappa shape index (κ3) is 2.15. The monoisotopic (exact) mass is 311 g/mol. The smallest absolute Gasteiger partial charge is 0.182 e. The van der Waals surface area contributed by atoms with Crippen LogP contribution in [0.2, 0.25) is 10.0 Å². The number of nitrogen functional groups attached to an aromatic ring is 1. The van der Waals surface area contributed by atoms with E-state index in [4.69, 9.17) is 28.9 Å². The Morgan fingerprint density at radius 3 is 2.60 bits per heavy atom. The fourth-order valence-corrected chi connectivity index (χ4v) is 3.15. The minimum absolute atomic E-state index is 0.0420. The summed E-state index contributed by atoms with van der Waals surface area (Å²) in [7, 11) is 0. The third-order valence-corrected chi connectivity index (χ3v) is 4.79. The summed E-state index contributed by atoms with van der Waals surface area (Å²) in [5, 5.41) is 12.9. The molecule has 0 amide bonds. The molecule has 106 valence electrons. The lowest BCUT2D eigenvalue weighted by Gasteiger charge is -2.24. The second-order valence-electron chi connectivity index (χ2n) is 5.48.